The predicted molar refractivity (Wildman–Crippen MR) is 144 cm³/mol. The van der Waals surface area contributed by atoms with E-state index >= 15 is 0 Å². The van der Waals surface area contributed by atoms with Crippen molar-refractivity contribution in [3.63, 3.8) is 0 Å². The average Bonchev–Trinajstić information content (AvgIpc) is 3.17. The van der Waals surface area contributed by atoms with Gasteiger partial charge in [-0.25, -0.2) is 0 Å². The van der Waals surface area contributed by atoms with Gasteiger partial charge in [-0.2, -0.15) is 0 Å². The van der Waals surface area contributed by atoms with Crippen LogP contribution in [0.4, 0.5) is 0 Å². The zero-order valence-electron chi connectivity index (χ0n) is 21.3. The van der Waals surface area contributed by atoms with E-state index in [1.54, 1.807) is 0 Å². The van der Waals surface area contributed by atoms with Crippen molar-refractivity contribution in [2.24, 2.45) is 0 Å². The highest BCUT2D eigenvalue weighted by Crippen LogP contribution is 2.35. The normalized spacial score (nSPS) is 12.6. The Hall–Kier alpha value is -3.53. The minimum atomic E-state index is 0.0413. The summed E-state index contributed by atoms with van der Waals surface area (Å²) < 4.78 is 2.27. The van der Waals surface area contributed by atoms with Crippen LogP contribution in [0.3, 0.4) is 0 Å². The molecule has 4 aromatic rings. The molecule has 174 valence electrons. The molecule has 1 atom stereocenters. The fraction of sp³-hybridized carbons (Fsp3) is 0.300. The first-order valence-corrected chi connectivity index (χ1v) is 11.8. The smallest absolute Gasteiger partial charge is 0.0960 e. The number of nitrogens with zero attached hydrogens (tertiary/aromatic N) is 3. The van der Waals surface area contributed by atoms with Crippen molar-refractivity contribution in [2.75, 3.05) is 0 Å². The van der Waals surface area contributed by atoms with E-state index < -0.39 is 0 Å². The number of hydrogen-bond donors (Lipinski definition) is 1. The molecular weight excluding hydrogens is 416 g/mol. The summed E-state index contributed by atoms with van der Waals surface area (Å²) in [6, 6.07) is 17.1. The molecule has 0 saturated carbocycles. The Balaban J connectivity index is 1.94. The van der Waals surface area contributed by atoms with Gasteiger partial charge in [-0.1, -0.05) is 56.7 Å². The van der Waals surface area contributed by atoms with Gasteiger partial charge in [0.15, 0.2) is 0 Å². The van der Waals surface area contributed by atoms with E-state index in [2.05, 4.69) is 93.7 Å². The fourth-order valence-electron chi connectivity index (χ4n) is 4.59. The lowest BCUT2D eigenvalue weighted by atomic mass is 9.86. The molecule has 3 heterocycles. The van der Waals surface area contributed by atoms with E-state index in [1.807, 2.05) is 31.5 Å². The van der Waals surface area contributed by atoms with Gasteiger partial charge in [-0.05, 0) is 62.4 Å². The monoisotopic (exact) mass is 450 g/mol. The van der Waals surface area contributed by atoms with Crippen LogP contribution < -0.4 is 0 Å². The van der Waals surface area contributed by atoms with Crippen molar-refractivity contribution >= 4 is 22.3 Å². The van der Waals surface area contributed by atoms with Crippen LogP contribution in [0.25, 0.3) is 27.7 Å². The molecule has 0 bridgehead atoms. The van der Waals surface area contributed by atoms with Crippen molar-refractivity contribution in [1.82, 2.24) is 14.5 Å². The third-order valence-electron chi connectivity index (χ3n) is 6.43. The summed E-state index contributed by atoms with van der Waals surface area (Å²) in [7, 11) is 0. The maximum atomic E-state index is 8.31. The van der Waals surface area contributed by atoms with Crippen molar-refractivity contribution in [2.45, 2.75) is 59.9 Å². The quantitative estimate of drug-likeness (QED) is 0.315. The van der Waals surface area contributed by atoms with E-state index in [0.717, 1.165) is 44.6 Å². The third kappa shape index (κ3) is 4.45. The minimum Gasteiger partial charge on any atom is -0.337 e. The molecule has 3 aromatic heterocycles. The molecule has 4 rings (SSSR count). The molecule has 0 saturated heterocycles. The Morgan fingerprint density at radius 1 is 0.971 bits per heavy atom. The maximum Gasteiger partial charge on any atom is 0.0960 e. The summed E-state index contributed by atoms with van der Waals surface area (Å²) in [5.41, 5.74) is 10.3. The summed E-state index contributed by atoms with van der Waals surface area (Å²) in [6.45, 7) is 14.8. The average molecular weight is 451 g/mol. The van der Waals surface area contributed by atoms with Crippen LogP contribution in [0.5, 0.6) is 0 Å². The van der Waals surface area contributed by atoms with Crippen molar-refractivity contribution in [3.8, 4) is 11.1 Å². The molecule has 34 heavy (non-hydrogen) atoms. The molecule has 0 radical (unpaired) electrons. The van der Waals surface area contributed by atoms with Crippen LogP contribution >= 0.6 is 0 Å². The standard InChI is InChI=1S/C30H34N4/c1-19(2)28(20(3)31)23-16-27-29(33-17-23)25(22-11-13-24(14-12-22)30(5,6)7)18-34(27)21(4)26-10-8-9-15-32-26/h8-18,21,31H,1-7H3. The molecule has 1 N–H and O–H groups in total. The van der Waals surface area contributed by atoms with Crippen LogP contribution in [-0.4, -0.2) is 20.2 Å². The summed E-state index contributed by atoms with van der Waals surface area (Å²) in [4.78, 5) is 9.55. The van der Waals surface area contributed by atoms with E-state index in [0.29, 0.717) is 5.71 Å². The molecule has 4 nitrogen and oxygen atoms in total. The Labute approximate surface area is 202 Å². The number of pyridine rings is 2. The van der Waals surface area contributed by atoms with E-state index in [1.165, 1.54) is 5.56 Å². The van der Waals surface area contributed by atoms with Gasteiger partial charge in [0.05, 0.1) is 22.8 Å². The first-order valence-electron chi connectivity index (χ1n) is 11.8. The summed E-state index contributed by atoms with van der Waals surface area (Å²) in [6.07, 6.45) is 5.95. The lowest BCUT2D eigenvalue weighted by Gasteiger charge is -2.19. The molecule has 0 aliphatic rings. The third-order valence-corrected chi connectivity index (χ3v) is 6.43. The Morgan fingerprint density at radius 2 is 1.68 bits per heavy atom. The second-order valence-electron chi connectivity index (χ2n) is 10.3. The first-order chi connectivity index (χ1) is 16.1. The zero-order chi connectivity index (χ0) is 24.6. The first kappa shape index (κ1) is 23.6. The van der Waals surface area contributed by atoms with Crippen LogP contribution in [0, 0.1) is 5.41 Å². The number of hydrogen-bond acceptors (Lipinski definition) is 3. The van der Waals surface area contributed by atoms with E-state index in [4.69, 9.17) is 10.4 Å². The molecule has 4 heteroatoms. The van der Waals surface area contributed by atoms with Crippen molar-refractivity contribution in [1.29, 1.82) is 5.41 Å². The van der Waals surface area contributed by atoms with Gasteiger partial charge >= 0.3 is 0 Å². The summed E-state index contributed by atoms with van der Waals surface area (Å²) in [5.74, 6) is 0. The number of rotatable bonds is 5. The SMILES string of the molecule is CC(=N)C(=C(C)C)c1cnc2c(-c3ccc(C(C)(C)C)cc3)cn(C(C)c3ccccn3)c2c1. The molecule has 0 spiro atoms. The number of allylic oxidation sites excluding steroid dienone is 2. The molecule has 1 aromatic carbocycles. The number of aromatic nitrogens is 3. The number of benzene rings is 1. The van der Waals surface area contributed by atoms with Gasteiger partial charge < -0.3 is 9.98 Å². The fourth-order valence-corrected chi connectivity index (χ4v) is 4.59. The van der Waals surface area contributed by atoms with Gasteiger partial charge in [0.1, 0.15) is 0 Å². The van der Waals surface area contributed by atoms with E-state index in [9.17, 15) is 0 Å². The topological polar surface area (TPSA) is 54.6 Å². The van der Waals surface area contributed by atoms with Crippen molar-refractivity contribution in [3.05, 3.63) is 89.5 Å². The predicted octanol–water partition coefficient (Wildman–Crippen LogP) is 7.84. The van der Waals surface area contributed by atoms with Crippen molar-refractivity contribution < 1.29 is 0 Å². The number of fused-ring (bicyclic) bond motifs is 1. The summed E-state index contributed by atoms with van der Waals surface area (Å²) in [5, 5.41) is 8.31. The van der Waals surface area contributed by atoms with Crippen LogP contribution in [0.2, 0.25) is 0 Å². The molecular formula is C30H34N4. The minimum absolute atomic E-state index is 0.0413. The highest BCUT2D eigenvalue weighted by atomic mass is 15.0. The van der Waals surface area contributed by atoms with Gasteiger partial charge in [0.2, 0.25) is 0 Å². The van der Waals surface area contributed by atoms with Gasteiger partial charge in [-0.3, -0.25) is 9.97 Å². The highest BCUT2D eigenvalue weighted by molar-refractivity contribution is 6.22. The number of nitrogens with one attached hydrogen (secondary N) is 1. The zero-order valence-corrected chi connectivity index (χ0v) is 21.3. The van der Waals surface area contributed by atoms with Gasteiger partial charge in [0, 0.05) is 41.0 Å². The molecule has 0 amide bonds. The lowest BCUT2D eigenvalue weighted by Crippen LogP contribution is -2.10. The highest BCUT2D eigenvalue weighted by Gasteiger charge is 2.20. The molecule has 0 fully saturated rings. The Kier molecular flexibility index (Phi) is 6.26. The van der Waals surface area contributed by atoms with Crippen LogP contribution in [0.15, 0.2) is 72.7 Å². The second kappa shape index (κ2) is 9.02. The van der Waals surface area contributed by atoms with Gasteiger partial charge in [0.25, 0.3) is 0 Å². The summed E-state index contributed by atoms with van der Waals surface area (Å²) >= 11 is 0. The molecule has 1 unspecified atom stereocenters. The maximum absolute atomic E-state index is 8.31. The van der Waals surface area contributed by atoms with Crippen LogP contribution in [-0.2, 0) is 5.41 Å². The van der Waals surface area contributed by atoms with Crippen LogP contribution in [0.1, 0.15) is 71.3 Å². The Bertz CT molecular complexity index is 1360. The van der Waals surface area contributed by atoms with E-state index in [-0.39, 0.29) is 11.5 Å². The lowest BCUT2D eigenvalue weighted by molar-refractivity contribution is 0.590. The molecule has 0 aliphatic heterocycles. The van der Waals surface area contributed by atoms with Gasteiger partial charge in [-0.15, -0.1) is 0 Å². The molecule has 0 aliphatic carbocycles. The second-order valence-corrected chi connectivity index (χ2v) is 10.3. The Morgan fingerprint density at radius 3 is 2.24 bits per heavy atom. The largest absolute Gasteiger partial charge is 0.337 e.